The molecule has 1 aromatic carbocycles. The van der Waals surface area contributed by atoms with Crippen LogP contribution in [-0.2, 0) is 70.2 Å². The average Bonchev–Trinajstić information content (AvgIpc) is 2.05. The van der Waals surface area contributed by atoms with Crippen molar-refractivity contribution < 1.29 is 85.2 Å². The number of carboxylic acids is 1. The van der Waals surface area contributed by atoms with Gasteiger partial charge in [0.25, 0.3) is 12.4 Å². The van der Waals surface area contributed by atoms with E-state index < -0.39 is 5.97 Å². The number of hydrogen-bond acceptors (Lipinski definition) is 2. The minimum Gasteiger partial charge on any atom is -0.487 e. The van der Waals surface area contributed by atoms with Crippen LogP contribution in [0.25, 0.3) is 0 Å². The first-order valence-electron chi connectivity index (χ1n) is 3.40. The van der Waals surface area contributed by atoms with E-state index in [1.54, 1.807) is 12.1 Å². The fraction of sp³-hybridized carbons (Fsp3) is 0.111. The molecule has 2 radical (unpaired) electrons. The van der Waals surface area contributed by atoms with Crippen molar-refractivity contribution in [1.82, 2.24) is 0 Å². The Kier molecular flexibility index (Phi) is 17.2. The summed E-state index contributed by atoms with van der Waals surface area (Å²) in [5, 5.41) is 15.4. The van der Waals surface area contributed by atoms with Gasteiger partial charge in [-0.1, -0.05) is 12.5 Å². The monoisotopic (exact) mass is 359 g/mol. The average molecular weight is 359 g/mol. The SMILES string of the molecule is Cc1c[c-]cc(C(=O)O)c1.O=CO.[Y].[Y]. The third-order valence-electron chi connectivity index (χ3n) is 1.18. The summed E-state index contributed by atoms with van der Waals surface area (Å²) in [7, 11) is 0. The standard InChI is InChI=1S/C8H7O2.CH2O2.2Y/c1-6-3-2-4-7(5-6)8(9)10;2-1-3;;/h3-5H,1H3,(H,9,10);1H,(H,2,3);;/q-1;;;. The van der Waals surface area contributed by atoms with Crippen LogP contribution in [0.15, 0.2) is 18.2 Å². The zero-order valence-corrected chi connectivity index (χ0v) is 13.9. The Hall–Kier alpha value is 0.368. The van der Waals surface area contributed by atoms with E-state index in [4.69, 9.17) is 15.0 Å². The maximum Gasteiger partial charge on any atom is 0.290 e. The zero-order chi connectivity index (χ0) is 10.3. The summed E-state index contributed by atoms with van der Waals surface area (Å²) >= 11 is 0. The second-order valence-corrected chi connectivity index (χ2v) is 2.21. The van der Waals surface area contributed by atoms with Crippen LogP contribution in [0.1, 0.15) is 15.9 Å². The van der Waals surface area contributed by atoms with E-state index in [9.17, 15) is 4.79 Å². The quantitative estimate of drug-likeness (QED) is 0.584. The van der Waals surface area contributed by atoms with Gasteiger partial charge in [0.1, 0.15) is 0 Å². The Balaban J connectivity index is -0.000000260. The molecule has 76 valence electrons. The van der Waals surface area contributed by atoms with Gasteiger partial charge in [-0.15, -0.1) is 0 Å². The summed E-state index contributed by atoms with van der Waals surface area (Å²) in [6.07, 6.45) is 0. The van der Waals surface area contributed by atoms with Crippen LogP contribution < -0.4 is 0 Å². The number of benzene rings is 1. The molecule has 15 heavy (non-hydrogen) atoms. The van der Waals surface area contributed by atoms with Crippen LogP contribution in [0.2, 0.25) is 0 Å². The van der Waals surface area contributed by atoms with Crippen LogP contribution in [0.5, 0.6) is 0 Å². The number of aryl methyl sites for hydroxylation is 1. The summed E-state index contributed by atoms with van der Waals surface area (Å²) in [5.41, 5.74) is 1.21. The molecule has 0 amide bonds. The van der Waals surface area contributed by atoms with E-state index in [0.29, 0.717) is 5.56 Å². The maximum atomic E-state index is 10.3. The molecule has 1 rings (SSSR count). The molecule has 0 heterocycles. The van der Waals surface area contributed by atoms with Crippen molar-refractivity contribution in [3.63, 3.8) is 0 Å². The molecule has 4 nitrogen and oxygen atoms in total. The van der Waals surface area contributed by atoms with Gasteiger partial charge >= 0.3 is 0 Å². The Labute approximate surface area is 138 Å². The van der Waals surface area contributed by atoms with E-state index >= 15 is 0 Å². The molecule has 2 N–H and O–H groups in total. The molecule has 6 heteroatoms. The molecule has 0 saturated heterocycles. The maximum absolute atomic E-state index is 10.3. The molecule has 0 unspecified atom stereocenters. The van der Waals surface area contributed by atoms with Crippen LogP contribution in [0, 0.1) is 13.0 Å². The minimum atomic E-state index is -0.903. The largest absolute Gasteiger partial charge is 0.487 e. The number of rotatable bonds is 1. The summed E-state index contributed by atoms with van der Waals surface area (Å²) in [6, 6.07) is 7.54. The van der Waals surface area contributed by atoms with Gasteiger partial charge in [0.15, 0.2) is 0 Å². The fourth-order valence-corrected chi connectivity index (χ4v) is 0.715. The third-order valence-corrected chi connectivity index (χ3v) is 1.18. The van der Waals surface area contributed by atoms with Crippen molar-refractivity contribution in [2.24, 2.45) is 0 Å². The molecule has 0 aromatic heterocycles. The molecule has 0 fully saturated rings. The number of carboxylic acid groups (broad SMARTS) is 2. The Morgan fingerprint density at radius 3 is 2.13 bits per heavy atom. The van der Waals surface area contributed by atoms with Crippen LogP contribution in [0.3, 0.4) is 0 Å². The smallest absolute Gasteiger partial charge is 0.290 e. The van der Waals surface area contributed by atoms with Gasteiger partial charge in [-0.25, -0.2) is 0 Å². The fourth-order valence-electron chi connectivity index (χ4n) is 0.715. The number of carbonyl (C=O) groups is 2. The first-order valence-corrected chi connectivity index (χ1v) is 3.40. The predicted molar refractivity (Wildman–Crippen MR) is 45.7 cm³/mol. The van der Waals surface area contributed by atoms with Crippen molar-refractivity contribution in [1.29, 1.82) is 0 Å². The first-order chi connectivity index (χ1) is 6.11. The molecule has 0 aliphatic heterocycles. The van der Waals surface area contributed by atoms with E-state index in [1.807, 2.05) is 6.92 Å². The van der Waals surface area contributed by atoms with Gasteiger partial charge in [-0.05, 0) is 0 Å². The minimum absolute atomic E-state index is 0. The van der Waals surface area contributed by atoms with Gasteiger partial charge in [0.2, 0.25) is 0 Å². The summed E-state index contributed by atoms with van der Waals surface area (Å²) in [5.74, 6) is -0.903. The van der Waals surface area contributed by atoms with Gasteiger partial charge in [0, 0.05) is 65.4 Å². The van der Waals surface area contributed by atoms with E-state index in [1.165, 1.54) is 6.07 Å². The van der Waals surface area contributed by atoms with Gasteiger partial charge in [-0.2, -0.15) is 29.8 Å². The van der Waals surface area contributed by atoms with Gasteiger partial charge in [-0.3, -0.25) is 9.59 Å². The van der Waals surface area contributed by atoms with Crippen LogP contribution in [-0.4, -0.2) is 22.7 Å². The summed E-state index contributed by atoms with van der Waals surface area (Å²) < 4.78 is 0. The van der Waals surface area contributed by atoms with Crippen molar-refractivity contribution >= 4 is 12.4 Å². The molecule has 0 spiro atoms. The Morgan fingerprint density at radius 1 is 1.40 bits per heavy atom. The third kappa shape index (κ3) is 10.6. The Bertz CT molecular complexity index is 302. The van der Waals surface area contributed by atoms with Crippen LogP contribution in [0.4, 0.5) is 0 Å². The summed E-state index contributed by atoms with van der Waals surface area (Å²) in [4.78, 5) is 18.7. The second kappa shape index (κ2) is 12.4. The topological polar surface area (TPSA) is 74.6 Å². The number of hydrogen-bond donors (Lipinski definition) is 2. The van der Waals surface area contributed by atoms with Crippen molar-refractivity contribution in [3.05, 3.63) is 35.4 Å². The van der Waals surface area contributed by atoms with E-state index in [-0.39, 0.29) is 71.9 Å². The molecule has 0 aliphatic rings. The summed E-state index contributed by atoms with van der Waals surface area (Å²) in [6.45, 7) is 1.59. The second-order valence-electron chi connectivity index (χ2n) is 2.21. The molecule has 0 atom stereocenters. The van der Waals surface area contributed by atoms with E-state index in [2.05, 4.69) is 6.07 Å². The zero-order valence-electron chi connectivity index (χ0n) is 8.18. The molecule has 0 bridgehead atoms. The molecular weight excluding hydrogens is 350 g/mol. The normalized spacial score (nSPS) is 7.00. The van der Waals surface area contributed by atoms with Gasteiger partial charge in [0.05, 0.1) is 0 Å². The van der Waals surface area contributed by atoms with Crippen molar-refractivity contribution in [2.45, 2.75) is 6.92 Å². The molecule has 0 saturated carbocycles. The number of aromatic carboxylic acids is 1. The Morgan fingerprint density at radius 2 is 1.87 bits per heavy atom. The molecule has 0 aliphatic carbocycles. The van der Waals surface area contributed by atoms with Gasteiger partial charge < -0.3 is 10.2 Å². The molecule has 1 aromatic rings. The van der Waals surface area contributed by atoms with E-state index in [0.717, 1.165) is 5.56 Å². The first kappa shape index (κ1) is 20.7. The van der Waals surface area contributed by atoms with Crippen molar-refractivity contribution in [3.8, 4) is 0 Å². The molecular formula is C9H9O4Y2-. The van der Waals surface area contributed by atoms with Crippen LogP contribution >= 0.6 is 0 Å². The predicted octanol–water partition coefficient (Wildman–Crippen LogP) is 1.19. The van der Waals surface area contributed by atoms with Crippen molar-refractivity contribution in [2.75, 3.05) is 0 Å².